The molecule has 2 fully saturated rings. The topological polar surface area (TPSA) is 86.7 Å². The van der Waals surface area contributed by atoms with Gasteiger partial charge in [0.15, 0.2) is 0 Å². The zero-order valence-corrected chi connectivity index (χ0v) is 14.6. The highest BCUT2D eigenvalue weighted by Crippen LogP contribution is 2.39. The van der Waals surface area contributed by atoms with E-state index in [0.29, 0.717) is 23.6 Å². The van der Waals surface area contributed by atoms with Crippen molar-refractivity contribution in [2.45, 2.75) is 33.1 Å². The Morgan fingerprint density at radius 1 is 1.16 bits per heavy atom. The van der Waals surface area contributed by atoms with Gasteiger partial charge in [0.2, 0.25) is 5.91 Å². The van der Waals surface area contributed by atoms with E-state index in [2.05, 4.69) is 12.2 Å². The van der Waals surface area contributed by atoms with E-state index in [9.17, 15) is 14.4 Å². The summed E-state index contributed by atoms with van der Waals surface area (Å²) in [7, 11) is 0. The standard InChI is InChI=1S/C19H24N2O4/c1-11-5-7-21(8-6-11)18(23)13-3-4-16(12(2)9-13)20-17(22)14-10-15(14)19(24)25/h3-4,9,11,14-15H,5-8,10H2,1-2H3,(H,20,22)(H,24,25). The molecule has 0 bridgehead atoms. The van der Waals surface area contributed by atoms with Crippen LogP contribution in [-0.2, 0) is 9.59 Å². The number of carboxylic acids is 1. The molecule has 6 nitrogen and oxygen atoms in total. The van der Waals surface area contributed by atoms with E-state index in [1.807, 2.05) is 11.8 Å². The van der Waals surface area contributed by atoms with E-state index in [1.165, 1.54) is 0 Å². The van der Waals surface area contributed by atoms with Gasteiger partial charge in [0, 0.05) is 24.3 Å². The fourth-order valence-corrected chi connectivity index (χ4v) is 3.31. The number of amides is 2. The minimum Gasteiger partial charge on any atom is -0.481 e. The Kier molecular flexibility index (Phi) is 4.79. The smallest absolute Gasteiger partial charge is 0.307 e. The van der Waals surface area contributed by atoms with Crippen molar-refractivity contribution in [1.29, 1.82) is 0 Å². The third kappa shape index (κ3) is 3.83. The number of benzene rings is 1. The quantitative estimate of drug-likeness (QED) is 0.879. The number of hydrogen-bond donors (Lipinski definition) is 2. The molecule has 1 aromatic rings. The largest absolute Gasteiger partial charge is 0.481 e. The molecule has 0 radical (unpaired) electrons. The zero-order chi connectivity index (χ0) is 18.1. The maximum atomic E-state index is 12.6. The Morgan fingerprint density at radius 3 is 2.40 bits per heavy atom. The second-order valence-corrected chi connectivity index (χ2v) is 7.28. The Morgan fingerprint density at radius 2 is 1.84 bits per heavy atom. The summed E-state index contributed by atoms with van der Waals surface area (Å²) in [6, 6.07) is 5.24. The molecule has 25 heavy (non-hydrogen) atoms. The van der Waals surface area contributed by atoms with Crippen LogP contribution in [0.2, 0.25) is 0 Å². The van der Waals surface area contributed by atoms with Crippen LogP contribution in [0.3, 0.4) is 0 Å². The van der Waals surface area contributed by atoms with Crippen LogP contribution in [0.1, 0.15) is 42.1 Å². The molecule has 2 atom stereocenters. The minimum absolute atomic E-state index is 0.0287. The Balaban J connectivity index is 1.64. The molecule has 1 heterocycles. The van der Waals surface area contributed by atoms with E-state index in [4.69, 9.17) is 5.11 Å². The molecule has 0 spiro atoms. The van der Waals surface area contributed by atoms with Gasteiger partial charge in [-0.15, -0.1) is 0 Å². The number of aryl methyl sites for hydroxylation is 1. The number of rotatable bonds is 4. The lowest BCUT2D eigenvalue weighted by molar-refractivity contribution is -0.139. The number of aliphatic carboxylic acids is 1. The number of anilines is 1. The summed E-state index contributed by atoms with van der Waals surface area (Å²) in [4.78, 5) is 37.4. The van der Waals surface area contributed by atoms with E-state index >= 15 is 0 Å². The normalized spacial score (nSPS) is 23.2. The highest BCUT2D eigenvalue weighted by Gasteiger charge is 2.48. The first kappa shape index (κ1) is 17.5. The van der Waals surface area contributed by atoms with Crippen LogP contribution >= 0.6 is 0 Å². The third-order valence-corrected chi connectivity index (χ3v) is 5.25. The van der Waals surface area contributed by atoms with Gasteiger partial charge in [0.05, 0.1) is 11.8 Å². The Labute approximate surface area is 147 Å². The number of hydrogen-bond acceptors (Lipinski definition) is 3. The molecule has 1 aliphatic heterocycles. The summed E-state index contributed by atoms with van der Waals surface area (Å²) in [6.07, 6.45) is 2.46. The summed E-state index contributed by atoms with van der Waals surface area (Å²) in [6.45, 7) is 5.62. The van der Waals surface area contributed by atoms with Crippen LogP contribution in [0.5, 0.6) is 0 Å². The summed E-state index contributed by atoms with van der Waals surface area (Å²) in [5, 5.41) is 11.7. The highest BCUT2D eigenvalue weighted by atomic mass is 16.4. The number of piperidine rings is 1. The van der Waals surface area contributed by atoms with Crippen LogP contribution in [0.25, 0.3) is 0 Å². The van der Waals surface area contributed by atoms with Crippen LogP contribution < -0.4 is 5.32 Å². The molecule has 2 unspecified atom stereocenters. The van der Waals surface area contributed by atoms with Gasteiger partial charge in [-0.05, 0) is 55.9 Å². The molecule has 1 saturated heterocycles. The van der Waals surface area contributed by atoms with Crippen molar-refractivity contribution < 1.29 is 19.5 Å². The first-order valence-corrected chi connectivity index (χ1v) is 8.80. The predicted octanol–water partition coefficient (Wildman–Crippen LogP) is 2.53. The first-order chi connectivity index (χ1) is 11.9. The van der Waals surface area contributed by atoms with Crippen molar-refractivity contribution >= 4 is 23.5 Å². The molecule has 6 heteroatoms. The van der Waals surface area contributed by atoms with Gasteiger partial charge in [0.1, 0.15) is 0 Å². The second kappa shape index (κ2) is 6.86. The molecular formula is C19H24N2O4. The fraction of sp³-hybridized carbons (Fsp3) is 0.526. The molecule has 1 aromatic carbocycles. The van der Waals surface area contributed by atoms with Gasteiger partial charge < -0.3 is 15.3 Å². The molecule has 134 valence electrons. The lowest BCUT2D eigenvalue weighted by atomic mass is 9.98. The molecule has 3 rings (SSSR count). The summed E-state index contributed by atoms with van der Waals surface area (Å²) in [5.41, 5.74) is 2.06. The number of likely N-dealkylation sites (tertiary alicyclic amines) is 1. The first-order valence-electron chi connectivity index (χ1n) is 8.80. The molecular weight excluding hydrogens is 320 g/mol. The summed E-state index contributed by atoms with van der Waals surface area (Å²) >= 11 is 0. The Hall–Kier alpha value is -2.37. The van der Waals surface area contributed by atoms with Crippen molar-refractivity contribution in [2.75, 3.05) is 18.4 Å². The van der Waals surface area contributed by atoms with Crippen LogP contribution in [0.15, 0.2) is 18.2 Å². The van der Waals surface area contributed by atoms with E-state index < -0.39 is 17.8 Å². The molecule has 2 aliphatic rings. The highest BCUT2D eigenvalue weighted by molar-refractivity contribution is 6.00. The van der Waals surface area contributed by atoms with Crippen molar-refractivity contribution in [3.8, 4) is 0 Å². The van der Waals surface area contributed by atoms with Crippen molar-refractivity contribution in [1.82, 2.24) is 4.90 Å². The molecule has 2 N–H and O–H groups in total. The average molecular weight is 344 g/mol. The Bertz CT molecular complexity index is 707. The SMILES string of the molecule is Cc1cc(C(=O)N2CCC(C)CC2)ccc1NC(=O)C1CC1C(=O)O. The number of carbonyl (C=O) groups excluding carboxylic acids is 2. The lowest BCUT2D eigenvalue weighted by Crippen LogP contribution is -2.37. The van der Waals surface area contributed by atoms with Crippen LogP contribution in [-0.4, -0.2) is 40.9 Å². The summed E-state index contributed by atoms with van der Waals surface area (Å²) < 4.78 is 0. The lowest BCUT2D eigenvalue weighted by Gasteiger charge is -2.30. The van der Waals surface area contributed by atoms with Crippen molar-refractivity contribution in [3.63, 3.8) is 0 Å². The second-order valence-electron chi connectivity index (χ2n) is 7.28. The van der Waals surface area contributed by atoms with Crippen LogP contribution in [0.4, 0.5) is 5.69 Å². The van der Waals surface area contributed by atoms with E-state index in [-0.39, 0.29) is 11.8 Å². The maximum Gasteiger partial charge on any atom is 0.307 e. The number of nitrogens with one attached hydrogen (secondary N) is 1. The number of nitrogens with zero attached hydrogens (tertiary/aromatic N) is 1. The van der Waals surface area contributed by atoms with Crippen LogP contribution in [0, 0.1) is 24.7 Å². The average Bonchev–Trinajstić information content (AvgIpc) is 3.38. The molecule has 1 aliphatic carbocycles. The van der Waals surface area contributed by atoms with Gasteiger partial charge in [-0.1, -0.05) is 6.92 Å². The molecule has 1 saturated carbocycles. The maximum absolute atomic E-state index is 12.6. The minimum atomic E-state index is -0.923. The molecule has 2 amide bonds. The number of carboxylic acid groups (broad SMARTS) is 1. The van der Waals surface area contributed by atoms with Crippen molar-refractivity contribution in [2.24, 2.45) is 17.8 Å². The van der Waals surface area contributed by atoms with Gasteiger partial charge in [-0.25, -0.2) is 0 Å². The van der Waals surface area contributed by atoms with Gasteiger partial charge in [-0.2, -0.15) is 0 Å². The van der Waals surface area contributed by atoms with Crippen molar-refractivity contribution in [3.05, 3.63) is 29.3 Å². The van der Waals surface area contributed by atoms with E-state index in [1.54, 1.807) is 18.2 Å². The van der Waals surface area contributed by atoms with E-state index in [0.717, 1.165) is 31.5 Å². The summed E-state index contributed by atoms with van der Waals surface area (Å²) in [5.74, 6) is -1.51. The van der Waals surface area contributed by atoms with Gasteiger partial charge in [-0.3, -0.25) is 14.4 Å². The van der Waals surface area contributed by atoms with Gasteiger partial charge >= 0.3 is 5.97 Å². The fourth-order valence-electron chi connectivity index (χ4n) is 3.31. The third-order valence-electron chi connectivity index (χ3n) is 5.25. The zero-order valence-electron chi connectivity index (χ0n) is 14.6. The monoisotopic (exact) mass is 344 g/mol. The molecule has 0 aromatic heterocycles. The predicted molar refractivity (Wildman–Crippen MR) is 93.3 cm³/mol. The van der Waals surface area contributed by atoms with Gasteiger partial charge in [0.25, 0.3) is 5.91 Å². The number of carbonyl (C=O) groups is 3.